The highest BCUT2D eigenvalue weighted by Crippen LogP contribution is 2.32. The van der Waals surface area contributed by atoms with Crippen molar-refractivity contribution in [3.8, 4) is 28.0 Å². The molecule has 3 heterocycles. The number of hydrogen-bond donors (Lipinski definition) is 2. The maximum absolute atomic E-state index is 12.6. The van der Waals surface area contributed by atoms with E-state index in [-0.39, 0.29) is 29.7 Å². The fraction of sp³-hybridized carbons (Fsp3) is 0.229. The largest absolute Gasteiger partial charge is 0.465 e. The summed E-state index contributed by atoms with van der Waals surface area (Å²) in [6.07, 6.45) is 7.54. The van der Waals surface area contributed by atoms with Crippen LogP contribution in [0.15, 0.2) is 73.3 Å². The lowest BCUT2D eigenvalue weighted by Gasteiger charge is -2.29. The minimum absolute atomic E-state index is 0.185. The molecule has 51 heavy (non-hydrogen) atoms. The Bertz CT molecular complexity index is 2230. The zero-order valence-corrected chi connectivity index (χ0v) is 30.3. The molecule has 0 atom stereocenters. The lowest BCUT2D eigenvalue weighted by atomic mass is 9.97. The Labute approximate surface area is 299 Å². The van der Waals surface area contributed by atoms with E-state index >= 15 is 0 Å². The molecule has 0 bridgehead atoms. The normalized spacial score (nSPS) is 12.3. The van der Waals surface area contributed by atoms with Crippen LogP contribution in [0.4, 0.5) is 16.2 Å². The molecule has 0 fully saturated rings. The summed E-state index contributed by atoms with van der Waals surface area (Å²) in [5.74, 6) is -0.833. The molecule has 1 aliphatic heterocycles. The first-order valence-corrected chi connectivity index (χ1v) is 17.9. The van der Waals surface area contributed by atoms with Crippen LogP contribution in [-0.4, -0.2) is 76.8 Å². The summed E-state index contributed by atoms with van der Waals surface area (Å²) >= 11 is 5.82. The average Bonchev–Trinajstić information content (AvgIpc) is 3.70. The standard InChI is InChI=1S/C20H18ClN3O4.C15H18N4O3S/c1-12-8-18(23-20(26)28-15-6-4-14(21)5-7-15)17(19(25)27-3)9-16(12)13-10-22-24(2)11-13;1-10-4-14-13(5-12(10)11-6-17-18(2)7-11)15(20)19(8-16-14)9-23(3,21)22/h4-11H,1-3H3,(H,23,26);4-7,16H,8-9H2,1-3H3. The van der Waals surface area contributed by atoms with Gasteiger partial charge in [0.25, 0.3) is 5.91 Å². The van der Waals surface area contributed by atoms with Crippen molar-refractivity contribution in [3.05, 3.63) is 101 Å². The molecule has 2 amide bonds. The molecule has 16 heteroatoms. The monoisotopic (exact) mass is 733 g/mol. The van der Waals surface area contributed by atoms with Gasteiger partial charge in [-0.1, -0.05) is 11.6 Å². The molecule has 0 spiro atoms. The number of fused-ring (bicyclic) bond motifs is 1. The first-order chi connectivity index (χ1) is 24.1. The highest BCUT2D eigenvalue weighted by atomic mass is 35.5. The number of nitrogens with zero attached hydrogens (tertiary/aromatic N) is 5. The van der Waals surface area contributed by atoms with Gasteiger partial charge in [-0.05, 0) is 84.6 Å². The number of carbonyl (C=O) groups is 3. The summed E-state index contributed by atoms with van der Waals surface area (Å²) in [7, 11) is 1.64. The van der Waals surface area contributed by atoms with Gasteiger partial charge in [-0.3, -0.25) is 19.5 Å². The number of amides is 2. The SMILES string of the molecule is COC(=O)c1cc(-c2cnn(C)c2)c(C)cc1NC(=O)Oc1ccc(Cl)cc1.Cc1cc2c(cc1-c1cnn(C)c1)C(=O)N(CS(C)(=O)=O)CN2. The number of sulfone groups is 1. The molecule has 0 radical (unpaired) electrons. The number of ether oxygens (including phenoxy) is 2. The van der Waals surface area contributed by atoms with Gasteiger partial charge in [-0.15, -0.1) is 0 Å². The van der Waals surface area contributed by atoms with Crippen LogP contribution >= 0.6 is 11.6 Å². The predicted molar refractivity (Wildman–Crippen MR) is 194 cm³/mol. The highest BCUT2D eigenvalue weighted by Gasteiger charge is 2.27. The van der Waals surface area contributed by atoms with Crippen molar-refractivity contribution < 1.29 is 32.3 Å². The van der Waals surface area contributed by atoms with Gasteiger partial charge >= 0.3 is 12.1 Å². The van der Waals surface area contributed by atoms with Crippen LogP contribution in [0, 0.1) is 13.8 Å². The molecule has 0 unspecified atom stereocenters. The first-order valence-electron chi connectivity index (χ1n) is 15.4. The second kappa shape index (κ2) is 15.1. The quantitative estimate of drug-likeness (QED) is 0.199. The van der Waals surface area contributed by atoms with Crippen molar-refractivity contribution in [3.63, 3.8) is 0 Å². The molecule has 266 valence electrons. The van der Waals surface area contributed by atoms with Crippen LogP contribution in [0.5, 0.6) is 5.75 Å². The number of nitrogens with one attached hydrogen (secondary N) is 2. The van der Waals surface area contributed by atoms with E-state index in [9.17, 15) is 22.8 Å². The zero-order chi connectivity index (χ0) is 37.0. The Morgan fingerprint density at radius 2 is 1.51 bits per heavy atom. The molecule has 5 aromatic rings. The summed E-state index contributed by atoms with van der Waals surface area (Å²) in [6, 6.07) is 13.4. The van der Waals surface area contributed by atoms with Crippen molar-refractivity contribution in [2.24, 2.45) is 14.1 Å². The third kappa shape index (κ3) is 8.93. The van der Waals surface area contributed by atoms with E-state index < -0.39 is 21.9 Å². The molecular weight excluding hydrogens is 698 g/mol. The molecule has 6 rings (SSSR count). The van der Waals surface area contributed by atoms with Gasteiger partial charge in [0, 0.05) is 54.6 Å². The average molecular weight is 734 g/mol. The van der Waals surface area contributed by atoms with Gasteiger partial charge in [0.1, 0.15) is 11.6 Å². The van der Waals surface area contributed by atoms with E-state index in [0.29, 0.717) is 16.3 Å². The Morgan fingerprint density at radius 1 is 0.922 bits per heavy atom. The number of anilines is 2. The maximum atomic E-state index is 12.6. The number of rotatable bonds is 7. The maximum Gasteiger partial charge on any atom is 0.417 e. The van der Waals surface area contributed by atoms with Crippen LogP contribution in [0.25, 0.3) is 22.3 Å². The van der Waals surface area contributed by atoms with Crippen molar-refractivity contribution in [1.82, 2.24) is 24.5 Å². The number of carbonyl (C=O) groups excluding carboxylic acids is 3. The molecule has 2 aromatic heterocycles. The minimum atomic E-state index is -3.27. The lowest BCUT2D eigenvalue weighted by molar-refractivity contribution is 0.0601. The predicted octanol–water partition coefficient (Wildman–Crippen LogP) is 5.67. The number of hydrogen-bond acceptors (Lipinski definition) is 10. The van der Waals surface area contributed by atoms with Crippen molar-refractivity contribution in [2.45, 2.75) is 13.8 Å². The molecule has 1 aliphatic rings. The van der Waals surface area contributed by atoms with Gasteiger partial charge in [0.05, 0.1) is 43.0 Å². The van der Waals surface area contributed by atoms with Crippen LogP contribution in [0.1, 0.15) is 31.8 Å². The fourth-order valence-electron chi connectivity index (χ4n) is 5.42. The van der Waals surface area contributed by atoms with Gasteiger partial charge in [0.15, 0.2) is 9.84 Å². The summed E-state index contributed by atoms with van der Waals surface area (Å²) in [4.78, 5) is 38.4. The van der Waals surface area contributed by atoms with Crippen LogP contribution < -0.4 is 15.4 Å². The van der Waals surface area contributed by atoms with E-state index in [1.54, 1.807) is 64.2 Å². The summed E-state index contributed by atoms with van der Waals surface area (Å²) in [5.41, 5.74) is 7.06. The highest BCUT2D eigenvalue weighted by molar-refractivity contribution is 7.90. The summed E-state index contributed by atoms with van der Waals surface area (Å²) in [6.45, 7) is 4.03. The number of halogens is 1. The zero-order valence-electron chi connectivity index (χ0n) is 28.7. The van der Waals surface area contributed by atoms with E-state index in [2.05, 4.69) is 20.8 Å². The molecular formula is C35H36ClN7O7S. The third-order valence-electron chi connectivity index (χ3n) is 7.80. The van der Waals surface area contributed by atoms with E-state index in [0.717, 1.165) is 45.3 Å². The van der Waals surface area contributed by atoms with Gasteiger partial charge < -0.3 is 19.7 Å². The van der Waals surface area contributed by atoms with Gasteiger partial charge in [0.2, 0.25) is 0 Å². The number of benzene rings is 3. The fourth-order valence-corrected chi connectivity index (χ4v) is 6.32. The summed E-state index contributed by atoms with van der Waals surface area (Å²) in [5, 5.41) is 14.5. The Kier molecular flexibility index (Phi) is 10.8. The smallest absolute Gasteiger partial charge is 0.417 e. The number of methoxy groups -OCH3 is 1. The second-order valence-corrected chi connectivity index (χ2v) is 14.5. The van der Waals surface area contributed by atoms with Crippen molar-refractivity contribution >= 4 is 50.8 Å². The Hall–Kier alpha value is -5.67. The van der Waals surface area contributed by atoms with Gasteiger partial charge in [-0.25, -0.2) is 18.0 Å². The molecule has 0 saturated heterocycles. The summed E-state index contributed by atoms with van der Waals surface area (Å²) < 4.78 is 36.4. The Balaban J connectivity index is 0.000000201. The van der Waals surface area contributed by atoms with Crippen LogP contribution in [0.2, 0.25) is 5.02 Å². The second-order valence-electron chi connectivity index (χ2n) is 11.9. The van der Waals surface area contributed by atoms with Crippen LogP contribution in [-0.2, 0) is 28.7 Å². The molecule has 2 N–H and O–H groups in total. The third-order valence-corrected chi connectivity index (χ3v) is 8.83. The van der Waals surface area contributed by atoms with Crippen molar-refractivity contribution in [2.75, 3.05) is 36.5 Å². The molecule has 0 aliphatic carbocycles. The molecule has 3 aromatic carbocycles. The number of aromatic nitrogens is 4. The first kappa shape index (κ1) is 36.6. The Morgan fingerprint density at radius 3 is 2.06 bits per heavy atom. The van der Waals surface area contributed by atoms with E-state index in [4.69, 9.17) is 21.1 Å². The molecule has 0 saturated carbocycles. The number of aryl methyl sites for hydroxylation is 4. The van der Waals surface area contributed by atoms with Crippen LogP contribution in [0.3, 0.4) is 0 Å². The van der Waals surface area contributed by atoms with E-state index in [1.165, 1.54) is 12.0 Å². The molecule has 14 nitrogen and oxygen atoms in total. The lowest BCUT2D eigenvalue weighted by Crippen LogP contribution is -2.42. The van der Waals surface area contributed by atoms with E-state index in [1.807, 2.05) is 46.4 Å². The van der Waals surface area contributed by atoms with Crippen molar-refractivity contribution in [1.29, 1.82) is 0 Å². The topological polar surface area (TPSA) is 167 Å². The number of esters is 1. The minimum Gasteiger partial charge on any atom is -0.465 e. The van der Waals surface area contributed by atoms with Gasteiger partial charge in [-0.2, -0.15) is 10.2 Å².